The molecule has 24 heavy (non-hydrogen) atoms. The Kier molecular flexibility index (Phi) is 3.67. The zero-order valence-corrected chi connectivity index (χ0v) is 15.2. The van der Waals surface area contributed by atoms with Crippen molar-refractivity contribution in [3.8, 4) is 17.0 Å². The molecule has 3 aromatic rings. The van der Waals surface area contributed by atoms with Gasteiger partial charge in [-0.2, -0.15) is 5.10 Å². The summed E-state index contributed by atoms with van der Waals surface area (Å²) in [6.07, 6.45) is 1.75. The lowest BCUT2D eigenvalue weighted by Crippen LogP contribution is -2.17. The van der Waals surface area contributed by atoms with Crippen LogP contribution >= 0.6 is 0 Å². The first-order chi connectivity index (χ1) is 11.1. The van der Waals surface area contributed by atoms with Gasteiger partial charge in [0.1, 0.15) is 11.4 Å². The fourth-order valence-electron chi connectivity index (χ4n) is 2.99. The number of fused-ring (bicyclic) bond motifs is 1. The van der Waals surface area contributed by atoms with Gasteiger partial charge in [0.25, 0.3) is 0 Å². The number of hydrogen-bond acceptors (Lipinski definition) is 3. The predicted molar refractivity (Wildman–Crippen MR) is 98.4 cm³/mol. The van der Waals surface area contributed by atoms with Crippen LogP contribution in [0.2, 0.25) is 0 Å². The zero-order chi connectivity index (χ0) is 17.7. The van der Waals surface area contributed by atoms with Crippen molar-refractivity contribution in [2.75, 3.05) is 0 Å². The maximum atomic E-state index is 10.9. The number of benzene rings is 1. The van der Waals surface area contributed by atoms with Gasteiger partial charge in [0, 0.05) is 28.3 Å². The van der Waals surface area contributed by atoms with Crippen molar-refractivity contribution in [2.45, 2.75) is 52.4 Å². The summed E-state index contributed by atoms with van der Waals surface area (Å²) in [6, 6.07) is 8.03. The molecule has 126 valence electrons. The SMILES string of the molecule is CC(C)(C)c1cc(-c2n[nH]c3ncccc23)cc(C(C)(C)C)c1O. The number of aromatic nitrogens is 3. The minimum atomic E-state index is -0.162. The number of rotatable bonds is 1. The molecule has 0 aliphatic heterocycles. The van der Waals surface area contributed by atoms with Crippen LogP contribution in [0.1, 0.15) is 52.7 Å². The number of aromatic hydroxyl groups is 1. The largest absolute Gasteiger partial charge is 0.507 e. The second-order valence-corrected chi connectivity index (χ2v) is 8.39. The van der Waals surface area contributed by atoms with Gasteiger partial charge in [-0.25, -0.2) is 4.98 Å². The highest BCUT2D eigenvalue weighted by atomic mass is 16.3. The molecule has 0 amide bonds. The summed E-state index contributed by atoms with van der Waals surface area (Å²) in [5.41, 5.74) is 4.19. The summed E-state index contributed by atoms with van der Waals surface area (Å²) < 4.78 is 0. The number of hydrogen-bond donors (Lipinski definition) is 2. The van der Waals surface area contributed by atoms with E-state index in [2.05, 4.69) is 56.7 Å². The second-order valence-electron chi connectivity index (χ2n) is 8.39. The van der Waals surface area contributed by atoms with E-state index in [9.17, 15) is 5.11 Å². The molecule has 0 unspecified atom stereocenters. The molecule has 0 spiro atoms. The highest BCUT2D eigenvalue weighted by Gasteiger charge is 2.27. The van der Waals surface area contributed by atoms with Crippen LogP contribution in [0.25, 0.3) is 22.3 Å². The number of nitrogens with zero attached hydrogens (tertiary/aromatic N) is 2. The number of aromatic amines is 1. The van der Waals surface area contributed by atoms with Gasteiger partial charge in [-0.05, 0) is 35.1 Å². The number of nitrogens with one attached hydrogen (secondary N) is 1. The van der Waals surface area contributed by atoms with E-state index in [0.717, 1.165) is 33.4 Å². The smallest absolute Gasteiger partial charge is 0.155 e. The van der Waals surface area contributed by atoms with Crippen molar-refractivity contribution in [2.24, 2.45) is 0 Å². The standard InChI is InChI=1S/C20H25N3O/c1-19(2,3)14-10-12(11-15(17(14)24)20(4,5)6)16-13-8-7-9-21-18(13)23-22-16/h7-11,24H,1-6H3,(H,21,22,23). The maximum Gasteiger partial charge on any atom is 0.155 e. The first kappa shape index (κ1) is 16.5. The fourth-order valence-corrected chi connectivity index (χ4v) is 2.99. The maximum absolute atomic E-state index is 10.9. The first-order valence-electron chi connectivity index (χ1n) is 8.26. The molecule has 2 heterocycles. The van der Waals surface area contributed by atoms with E-state index >= 15 is 0 Å². The molecule has 0 aliphatic carbocycles. The Bertz CT molecular complexity index is 860. The highest BCUT2D eigenvalue weighted by Crippen LogP contribution is 2.42. The Hall–Kier alpha value is -2.36. The molecule has 0 atom stereocenters. The Morgan fingerprint density at radius 1 is 0.958 bits per heavy atom. The van der Waals surface area contributed by atoms with E-state index in [1.807, 2.05) is 24.3 Å². The lowest BCUT2D eigenvalue weighted by atomic mass is 9.78. The van der Waals surface area contributed by atoms with Crippen molar-refractivity contribution in [1.82, 2.24) is 15.2 Å². The minimum Gasteiger partial charge on any atom is -0.507 e. The van der Waals surface area contributed by atoms with Crippen molar-refractivity contribution < 1.29 is 5.11 Å². The van der Waals surface area contributed by atoms with Crippen LogP contribution < -0.4 is 0 Å². The Labute approximate surface area is 143 Å². The lowest BCUT2D eigenvalue weighted by molar-refractivity contribution is 0.423. The van der Waals surface area contributed by atoms with Crippen LogP contribution in [-0.2, 0) is 10.8 Å². The summed E-state index contributed by atoms with van der Waals surface area (Å²) in [5.74, 6) is 0.386. The average Bonchev–Trinajstić information content (AvgIpc) is 2.89. The Morgan fingerprint density at radius 2 is 1.54 bits per heavy atom. The van der Waals surface area contributed by atoms with E-state index in [-0.39, 0.29) is 10.8 Å². The van der Waals surface area contributed by atoms with Gasteiger partial charge >= 0.3 is 0 Å². The third-order valence-corrected chi connectivity index (χ3v) is 4.34. The minimum absolute atomic E-state index is 0.162. The summed E-state index contributed by atoms with van der Waals surface area (Å²) in [5, 5.41) is 19.3. The molecule has 0 saturated heterocycles. The van der Waals surface area contributed by atoms with Gasteiger partial charge in [-0.3, -0.25) is 5.10 Å². The molecule has 2 N–H and O–H groups in total. The van der Waals surface area contributed by atoms with E-state index in [4.69, 9.17) is 0 Å². The van der Waals surface area contributed by atoms with Gasteiger partial charge in [-0.1, -0.05) is 41.5 Å². The van der Waals surface area contributed by atoms with E-state index < -0.39 is 0 Å². The van der Waals surface area contributed by atoms with Crippen molar-refractivity contribution in [1.29, 1.82) is 0 Å². The van der Waals surface area contributed by atoms with Crippen LogP contribution in [0.4, 0.5) is 0 Å². The van der Waals surface area contributed by atoms with Crippen LogP contribution in [0.5, 0.6) is 5.75 Å². The van der Waals surface area contributed by atoms with E-state index in [0.29, 0.717) is 5.75 Å². The van der Waals surface area contributed by atoms with Crippen LogP contribution in [0.15, 0.2) is 30.5 Å². The Balaban J connectivity index is 2.33. The molecule has 0 radical (unpaired) electrons. The van der Waals surface area contributed by atoms with Crippen LogP contribution in [-0.4, -0.2) is 20.3 Å². The van der Waals surface area contributed by atoms with Crippen molar-refractivity contribution >= 4 is 11.0 Å². The molecule has 2 aromatic heterocycles. The summed E-state index contributed by atoms with van der Waals surface area (Å²) in [7, 11) is 0. The fraction of sp³-hybridized carbons (Fsp3) is 0.400. The summed E-state index contributed by atoms with van der Waals surface area (Å²) in [6.45, 7) is 12.7. The third-order valence-electron chi connectivity index (χ3n) is 4.34. The van der Waals surface area contributed by atoms with Gasteiger partial charge < -0.3 is 5.11 Å². The Morgan fingerprint density at radius 3 is 2.08 bits per heavy atom. The highest BCUT2D eigenvalue weighted by molar-refractivity contribution is 5.91. The van der Waals surface area contributed by atoms with E-state index in [1.54, 1.807) is 6.20 Å². The summed E-state index contributed by atoms with van der Waals surface area (Å²) >= 11 is 0. The van der Waals surface area contributed by atoms with Gasteiger partial charge in [0.15, 0.2) is 5.65 Å². The number of pyridine rings is 1. The first-order valence-corrected chi connectivity index (χ1v) is 8.26. The van der Waals surface area contributed by atoms with Crippen molar-refractivity contribution in [3.05, 3.63) is 41.6 Å². The predicted octanol–water partition coefficient (Wildman–Crippen LogP) is 4.93. The molecule has 0 bridgehead atoms. The van der Waals surface area contributed by atoms with Gasteiger partial charge in [0.2, 0.25) is 0 Å². The quantitative estimate of drug-likeness (QED) is 0.668. The second kappa shape index (κ2) is 5.33. The number of phenols is 1. The van der Waals surface area contributed by atoms with Crippen LogP contribution in [0, 0.1) is 0 Å². The number of H-pyrrole nitrogens is 1. The molecule has 4 nitrogen and oxygen atoms in total. The lowest BCUT2D eigenvalue weighted by Gasteiger charge is -2.28. The monoisotopic (exact) mass is 323 g/mol. The van der Waals surface area contributed by atoms with Crippen LogP contribution in [0.3, 0.4) is 0 Å². The molecule has 4 heteroatoms. The molecular formula is C20H25N3O. The van der Waals surface area contributed by atoms with Crippen molar-refractivity contribution in [3.63, 3.8) is 0 Å². The van der Waals surface area contributed by atoms with E-state index in [1.165, 1.54) is 0 Å². The molecule has 1 aromatic carbocycles. The molecule has 0 saturated carbocycles. The average molecular weight is 323 g/mol. The van der Waals surface area contributed by atoms with Gasteiger partial charge in [0.05, 0.1) is 0 Å². The molecular weight excluding hydrogens is 298 g/mol. The zero-order valence-electron chi connectivity index (χ0n) is 15.2. The summed E-state index contributed by atoms with van der Waals surface area (Å²) in [4.78, 5) is 4.32. The topological polar surface area (TPSA) is 61.8 Å². The molecule has 3 rings (SSSR count). The molecule has 0 aliphatic rings. The van der Waals surface area contributed by atoms with Gasteiger partial charge in [-0.15, -0.1) is 0 Å². The third kappa shape index (κ3) is 2.77. The number of phenolic OH excluding ortho intramolecular Hbond substituents is 1. The normalized spacial score (nSPS) is 12.8. The molecule has 0 fully saturated rings.